The second-order valence-electron chi connectivity index (χ2n) is 5.66. The summed E-state index contributed by atoms with van der Waals surface area (Å²) < 4.78 is 42.9. The summed E-state index contributed by atoms with van der Waals surface area (Å²) >= 11 is 0. The Kier molecular flexibility index (Phi) is 3.97. The van der Waals surface area contributed by atoms with Gasteiger partial charge in [0, 0.05) is 24.6 Å². The number of hydrogen-bond donors (Lipinski definition) is 2. The fourth-order valence-electron chi connectivity index (χ4n) is 2.47. The molecule has 2 rings (SSSR count). The third-order valence-corrected chi connectivity index (χ3v) is 3.28. The van der Waals surface area contributed by atoms with Crippen LogP contribution in [0.2, 0.25) is 0 Å². The van der Waals surface area contributed by atoms with E-state index in [-0.39, 0.29) is 12.1 Å². The van der Waals surface area contributed by atoms with Crippen LogP contribution in [0.25, 0.3) is 0 Å². The third-order valence-electron chi connectivity index (χ3n) is 3.28. The summed E-state index contributed by atoms with van der Waals surface area (Å²) in [5.74, 6) is 0.669. The Hall–Kier alpha value is -1.27. The van der Waals surface area contributed by atoms with Crippen LogP contribution in [-0.4, -0.2) is 24.9 Å². The van der Waals surface area contributed by atoms with Crippen LogP contribution >= 0.6 is 0 Å². The van der Waals surface area contributed by atoms with Gasteiger partial charge in [-0.2, -0.15) is 13.2 Å². The van der Waals surface area contributed by atoms with Gasteiger partial charge in [-0.25, -0.2) is 0 Å². The number of nitrogens with two attached hydrogens (primary N) is 1. The molecule has 1 unspecified atom stereocenters. The van der Waals surface area contributed by atoms with E-state index in [9.17, 15) is 13.2 Å². The molecule has 0 fully saturated rings. The van der Waals surface area contributed by atoms with Crippen molar-refractivity contribution in [3.8, 4) is 5.75 Å². The molecular formula is C14H19F3N2O. The van der Waals surface area contributed by atoms with Gasteiger partial charge < -0.3 is 15.8 Å². The van der Waals surface area contributed by atoms with Crippen molar-refractivity contribution in [2.45, 2.75) is 38.1 Å². The van der Waals surface area contributed by atoms with Gasteiger partial charge >= 0.3 is 6.18 Å². The summed E-state index contributed by atoms with van der Waals surface area (Å²) in [7, 11) is 0. The monoisotopic (exact) mass is 288 g/mol. The highest BCUT2D eigenvalue weighted by Crippen LogP contribution is 2.39. The van der Waals surface area contributed by atoms with Gasteiger partial charge in [-0.3, -0.25) is 0 Å². The largest absolute Gasteiger partial charge is 0.487 e. The molecule has 0 spiro atoms. The number of rotatable bonds is 4. The molecule has 1 aliphatic heterocycles. The lowest BCUT2D eigenvalue weighted by Gasteiger charge is -2.23. The predicted octanol–water partition coefficient (Wildman–Crippen LogP) is 2.55. The fourth-order valence-corrected chi connectivity index (χ4v) is 2.47. The molecule has 6 heteroatoms. The van der Waals surface area contributed by atoms with Crippen molar-refractivity contribution in [2.24, 2.45) is 5.73 Å². The summed E-state index contributed by atoms with van der Waals surface area (Å²) in [4.78, 5) is 0. The molecule has 20 heavy (non-hydrogen) atoms. The van der Waals surface area contributed by atoms with Crippen LogP contribution in [0.4, 0.5) is 13.2 Å². The van der Waals surface area contributed by atoms with Crippen LogP contribution in [0.3, 0.4) is 0 Å². The van der Waals surface area contributed by atoms with E-state index in [1.165, 1.54) is 0 Å². The number of para-hydroxylation sites is 1. The molecular weight excluding hydrogens is 269 g/mol. The van der Waals surface area contributed by atoms with E-state index < -0.39 is 18.8 Å². The van der Waals surface area contributed by atoms with Crippen LogP contribution in [0.1, 0.15) is 31.0 Å². The normalized spacial score (nSPS) is 18.5. The molecule has 112 valence electrons. The predicted molar refractivity (Wildman–Crippen MR) is 70.7 cm³/mol. The van der Waals surface area contributed by atoms with Crippen LogP contribution in [-0.2, 0) is 6.42 Å². The molecule has 0 saturated carbocycles. The second kappa shape index (κ2) is 5.26. The zero-order chi connectivity index (χ0) is 15.0. The highest BCUT2D eigenvalue weighted by atomic mass is 19.4. The first-order chi connectivity index (χ1) is 9.22. The Labute approximate surface area is 116 Å². The van der Waals surface area contributed by atoms with Gasteiger partial charge in [-0.05, 0) is 19.4 Å². The standard InChI is InChI=1S/C14H19F3N2O/c1-13(2)6-9-4-3-5-10(12(9)20-13)11(7-18)19-8-14(15,16)17/h3-5,11,19H,6-8,18H2,1-2H3. The summed E-state index contributed by atoms with van der Waals surface area (Å²) in [6, 6.07) is 4.96. The molecule has 0 saturated heterocycles. The van der Waals surface area contributed by atoms with Gasteiger partial charge in [0.1, 0.15) is 11.4 Å². The highest BCUT2D eigenvalue weighted by Gasteiger charge is 2.34. The van der Waals surface area contributed by atoms with E-state index in [0.717, 1.165) is 12.0 Å². The Morgan fingerprint density at radius 1 is 1.40 bits per heavy atom. The summed E-state index contributed by atoms with van der Waals surface area (Å²) in [5.41, 5.74) is 6.99. The summed E-state index contributed by atoms with van der Waals surface area (Å²) in [6.45, 7) is 2.92. The summed E-state index contributed by atoms with van der Waals surface area (Å²) in [6.07, 6.45) is -3.52. The Morgan fingerprint density at radius 2 is 2.10 bits per heavy atom. The molecule has 0 bridgehead atoms. The molecule has 1 aromatic rings. The first-order valence-corrected chi connectivity index (χ1v) is 6.53. The lowest BCUT2D eigenvalue weighted by Crippen LogP contribution is -2.36. The maximum absolute atomic E-state index is 12.3. The van der Waals surface area contributed by atoms with E-state index in [1.54, 1.807) is 6.07 Å². The molecule has 1 atom stereocenters. The number of alkyl halides is 3. The average molecular weight is 288 g/mol. The Balaban J connectivity index is 2.22. The minimum atomic E-state index is -4.26. The zero-order valence-electron chi connectivity index (χ0n) is 11.6. The number of benzene rings is 1. The van der Waals surface area contributed by atoms with Crippen LogP contribution in [0, 0.1) is 0 Å². The Morgan fingerprint density at radius 3 is 2.70 bits per heavy atom. The molecule has 0 aliphatic carbocycles. The van der Waals surface area contributed by atoms with Crippen molar-refractivity contribution >= 4 is 0 Å². The zero-order valence-corrected chi connectivity index (χ0v) is 11.6. The molecule has 1 aromatic carbocycles. The first kappa shape index (κ1) is 15.1. The van der Waals surface area contributed by atoms with Gasteiger partial charge in [0.2, 0.25) is 0 Å². The van der Waals surface area contributed by atoms with E-state index in [4.69, 9.17) is 10.5 Å². The van der Waals surface area contributed by atoms with E-state index in [1.807, 2.05) is 26.0 Å². The maximum Gasteiger partial charge on any atom is 0.401 e. The number of fused-ring (bicyclic) bond motifs is 1. The minimum absolute atomic E-state index is 0.0797. The lowest BCUT2D eigenvalue weighted by molar-refractivity contribution is -0.126. The van der Waals surface area contributed by atoms with Crippen molar-refractivity contribution in [1.82, 2.24) is 5.32 Å². The molecule has 3 N–H and O–H groups in total. The van der Waals surface area contributed by atoms with Gasteiger partial charge in [0.05, 0.1) is 6.54 Å². The maximum atomic E-state index is 12.3. The topological polar surface area (TPSA) is 47.3 Å². The van der Waals surface area contributed by atoms with Crippen molar-refractivity contribution in [2.75, 3.05) is 13.1 Å². The van der Waals surface area contributed by atoms with Crippen molar-refractivity contribution in [1.29, 1.82) is 0 Å². The SMILES string of the molecule is CC1(C)Cc2cccc(C(CN)NCC(F)(F)F)c2O1. The van der Waals surface area contributed by atoms with Crippen LogP contribution in [0.5, 0.6) is 5.75 Å². The molecule has 1 aliphatic rings. The number of halogens is 3. The molecule has 0 aromatic heterocycles. The summed E-state index contributed by atoms with van der Waals surface area (Å²) in [5, 5.41) is 2.45. The van der Waals surface area contributed by atoms with Crippen LogP contribution < -0.4 is 15.8 Å². The molecule has 0 radical (unpaired) electrons. The van der Waals surface area contributed by atoms with Crippen molar-refractivity contribution in [3.05, 3.63) is 29.3 Å². The molecule has 3 nitrogen and oxygen atoms in total. The lowest BCUT2D eigenvalue weighted by atomic mass is 9.98. The minimum Gasteiger partial charge on any atom is -0.487 e. The number of ether oxygens (including phenoxy) is 1. The highest BCUT2D eigenvalue weighted by molar-refractivity contribution is 5.47. The van der Waals surface area contributed by atoms with Gasteiger partial charge in [0.15, 0.2) is 0 Å². The molecule has 0 amide bonds. The third kappa shape index (κ3) is 3.43. The van der Waals surface area contributed by atoms with E-state index >= 15 is 0 Å². The number of hydrogen-bond acceptors (Lipinski definition) is 3. The smallest absolute Gasteiger partial charge is 0.401 e. The quantitative estimate of drug-likeness (QED) is 0.895. The molecule has 1 heterocycles. The van der Waals surface area contributed by atoms with E-state index in [0.29, 0.717) is 11.3 Å². The second-order valence-corrected chi connectivity index (χ2v) is 5.66. The van der Waals surface area contributed by atoms with Gasteiger partial charge in [0.25, 0.3) is 0 Å². The van der Waals surface area contributed by atoms with Crippen molar-refractivity contribution < 1.29 is 17.9 Å². The van der Waals surface area contributed by atoms with E-state index in [2.05, 4.69) is 5.32 Å². The number of nitrogens with one attached hydrogen (secondary N) is 1. The fraction of sp³-hybridized carbons (Fsp3) is 0.571. The first-order valence-electron chi connectivity index (χ1n) is 6.53. The van der Waals surface area contributed by atoms with Crippen molar-refractivity contribution in [3.63, 3.8) is 0 Å². The Bertz CT molecular complexity index is 486. The van der Waals surface area contributed by atoms with Gasteiger partial charge in [-0.15, -0.1) is 0 Å². The van der Waals surface area contributed by atoms with Gasteiger partial charge in [-0.1, -0.05) is 18.2 Å². The van der Waals surface area contributed by atoms with Crippen LogP contribution in [0.15, 0.2) is 18.2 Å². The average Bonchev–Trinajstić information content (AvgIpc) is 2.63.